The SMILES string of the molecule is Cc1ccc2cccc(NC(=O)N[C@@H](C)[C@@H]3CN(C)CCO3)c2n1. The van der Waals surface area contributed by atoms with E-state index in [1.807, 2.05) is 44.2 Å². The highest BCUT2D eigenvalue weighted by Gasteiger charge is 2.24. The molecule has 1 aliphatic heterocycles. The number of aryl methyl sites for hydroxylation is 1. The van der Waals surface area contributed by atoms with Gasteiger partial charge in [-0.25, -0.2) is 4.79 Å². The fourth-order valence-corrected chi connectivity index (χ4v) is 2.92. The maximum absolute atomic E-state index is 12.4. The maximum atomic E-state index is 12.4. The van der Waals surface area contributed by atoms with E-state index < -0.39 is 0 Å². The molecule has 0 aliphatic carbocycles. The third-order valence-corrected chi connectivity index (χ3v) is 4.32. The highest BCUT2D eigenvalue weighted by molar-refractivity contribution is 5.99. The van der Waals surface area contributed by atoms with Crippen LogP contribution in [-0.4, -0.2) is 54.8 Å². The van der Waals surface area contributed by atoms with Crippen LogP contribution in [0.4, 0.5) is 10.5 Å². The summed E-state index contributed by atoms with van der Waals surface area (Å²) in [7, 11) is 2.06. The normalized spacial score (nSPS) is 19.9. The Morgan fingerprint density at radius 1 is 1.38 bits per heavy atom. The van der Waals surface area contributed by atoms with Crippen LogP contribution in [0.2, 0.25) is 0 Å². The lowest BCUT2D eigenvalue weighted by Crippen LogP contribution is -2.52. The van der Waals surface area contributed by atoms with Crippen molar-refractivity contribution in [2.24, 2.45) is 0 Å². The van der Waals surface area contributed by atoms with E-state index in [2.05, 4.69) is 27.6 Å². The summed E-state index contributed by atoms with van der Waals surface area (Å²) in [4.78, 5) is 19.1. The van der Waals surface area contributed by atoms with Crippen LogP contribution < -0.4 is 10.6 Å². The lowest BCUT2D eigenvalue weighted by atomic mass is 10.1. The van der Waals surface area contributed by atoms with Gasteiger partial charge in [-0.05, 0) is 33.0 Å². The van der Waals surface area contributed by atoms with E-state index in [1.165, 1.54) is 0 Å². The molecule has 3 rings (SSSR count). The van der Waals surface area contributed by atoms with Gasteiger partial charge in [-0.3, -0.25) is 4.98 Å². The third kappa shape index (κ3) is 3.83. The van der Waals surface area contributed by atoms with E-state index in [0.29, 0.717) is 12.3 Å². The molecule has 1 aliphatic rings. The van der Waals surface area contributed by atoms with Gasteiger partial charge in [0.1, 0.15) is 0 Å². The van der Waals surface area contributed by atoms with Crippen molar-refractivity contribution in [2.45, 2.75) is 26.0 Å². The minimum Gasteiger partial charge on any atom is -0.373 e. The lowest BCUT2D eigenvalue weighted by molar-refractivity contribution is -0.0331. The second-order valence-electron chi connectivity index (χ2n) is 6.39. The average Bonchev–Trinajstić information content (AvgIpc) is 2.55. The molecule has 0 unspecified atom stereocenters. The number of rotatable bonds is 3. The Kier molecular flexibility index (Phi) is 4.97. The van der Waals surface area contributed by atoms with E-state index in [1.54, 1.807) is 0 Å². The molecule has 2 aromatic rings. The second-order valence-corrected chi connectivity index (χ2v) is 6.39. The zero-order chi connectivity index (χ0) is 17.1. The van der Waals surface area contributed by atoms with Gasteiger partial charge in [0.25, 0.3) is 0 Å². The van der Waals surface area contributed by atoms with Crippen LogP contribution in [0, 0.1) is 6.92 Å². The Labute approximate surface area is 142 Å². The number of urea groups is 1. The zero-order valence-corrected chi connectivity index (χ0v) is 14.4. The number of amides is 2. The summed E-state index contributed by atoms with van der Waals surface area (Å²) in [6.07, 6.45) is 0.00221. The van der Waals surface area contributed by atoms with Gasteiger partial charge < -0.3 is 20.3 Å². The molecular weight excluding hydrogens is 304 g/mol. The first-order valence-electron chi connectivity index (χ1n) is 8.27. The first-order chi connectivity index (χ1) is 11.5. The number of para-hydroxylation sites is 1. The van der Waals surface area contributed by atoms with Crippen molar-refractivity contribution >= 4 is 22.6 Å². The fraction of sp³-hybridized carbons (Fsp3) is 0.444. The van der Waals surface area contributed by atoms with Gasteiger partial charge in [0.05, 0.1) is 30.0 Å². The molecule has 0 bridgehead atoms. The average molecular weight is 328 g/mol. The number of carbonyl (C=O) groups is 1. The van der Waals surface area contributed by atoms with Gasteiger partial charge in [0.2, 0.25) is 0 Å². The largest absolute Gasteiger partial charge is 0.373 e. The Hall–Kier alpha value is -2.18. The number of benzene rings is 1. The predicted molar refractivity (Wildman–Crippen MR) is 95.3 cm³/mol. The summed E-state index contributed by atoms with van der Waals surface area (Å²) in [5.41, 5.74) is 2.43. The minimum atomic E-state index is -0.241. The molecule has 2 atom stereocenters. The van der Waals surface area contributed by atoms with Crippen molar-refractivity contribution in [3.8, 4) is 0 Å². The molecule has 2 heterocycles. The number of nitrogens with zero attached hydrogens (tertiary/aromatic N) is 2. The number of ether oxygens (including phenoxy) is 1. The van der Waals surface area contributed by atoms with Crippen LogP contribution in [0.5, 0.6) is 0 Å². The number of morpholine rings is 1. The summed E-state index contributed by atoms with van der Waals surface area (Å²) in [5, 5.41) is 6.88. The molecule has 128 valence electrons. The van der Waals surface area contributed by atoms with Gasteiger partial charge in [-0.2, -0.15) is 0 Å². The first kappa shape index (κ1) is 16.7. The number of fused-ring (bicyclic) bond motifs is 1. The predicted octanol–water partition coefficient (Wildman–Crippen LogP) is 2.38. The van der Waals surface area contributed by atoms with Crippen molar-refractivity contribution in [1.29, 1.82) is 0 Å². The monoisotopic (exact) mass is 328 g/mol. The zero-order valence-electron chi connectivity index (χ0n) is 14.4. The summed E-state index contributed by atoms with van der Waals surface area (Å²) >= 11 is 0. The van der Waals surface area contributed by atoms with E-state index in [-0.39, 0.29) is 18.2 Å². The third-order valence-electron chi connectivity index (χ3n) is 4.32. The van der Waals surface area contributed by atoms with Gasteiger partial charge in [-0.15, -0.1) is 0 Å². The standard InChI is InChI=1S/C18H24N4O2/c1-12-7-8-14-5-4-6-15(17(14)19-12)21-18(23)20-13(2)16-11-22(3)9-10-24-16/h4-8,13,16H,9-11H2,1-3H3,(H2,20,21,23)/t13-,16-/m0/s1. The van der Waals surface area contributed by atoms with Crippen molar-refractivity contribution in [3.63, 3.8) is 0 Å². The Bertz CT molecular complexity index is 734. The molecule has 0 spiro atoms. The van der Waals surface area contributed by atoms with Crippen LogP contribution in [0.1, 0.15) is 12.6 Å². The summed E-state index contributed by atoms with van der Waals surface area (Å²) in [6, 6.07) is 9.42. The molecule has 0 radical (unpaired) electrons. The topological polar surface area (TPSA) is 66.5 Å². The quantitative estimate of drug-likeness (QED) is 0.908. The number of hydrogen-bond donors (Lipinski definition) is 2. The highest BCUT2D eigenvalue weighted by Crippen LogP contribution is 2.21. The number of anilines is 1. The van der Waals surface area contributed by atoms with E-state index in [4.69, 9.17) is 4.74 Å². The molecule has 2 amide bonds. The van der Waals surface area contributed by atoms with Crippen molar-refractivity contribution in [1.82, 2.24) is 15.2 Å². The lowest BCUT2D eigenvalue weighted by Gasteiger charge is -2.33. The van der Waals surface area contributed by atoms with Gasteiger partial charge in [-0.1, -0.05) is 18.2 Å². The van der Waals surface area contributed by atoms with E-state index in [9.17, 15) is 4.79 Å². The molecule has 24 heavy (non-hydrogen) atoms. The Morgan fingerprint density at radius 3 is 3.00 bits per heavy atom. The molecule has 2 N–H and O–H groups in total. The number of pyridine rings is 1. The summed E-state index contributed by atoms with van der Waals surface area (Å²) < 4.78 is 5.75. The fourth-order valence-electron chi connectivity index (χ4n) is 2.92. The molecule has 1 saturated heterocycles. The number of carbonyl (C=O) groups excluding carboxylic acids is 1. The molecule has 6 nitrogen and oxygen atoms in total. The summed E-state index contributed by atoms with van der Waals surface area (Å²) in [5.74, 6) is 0. The first-order valence-corrected chi connectivity index (χ1v) is 8.27. The van der Waals surface area contributed by atoms with Crippen molar-refractivity contribution in [3.05, 3.63) is 36.0 Å². The minimum absolute atomic E-state index is 0.00221. The molecule has 1 aromatic heterocycles. The molecular formula is C18H24N4O2. The molecule has 0 saturated carbocycles. The number of nitrogens with one attached hydrogen (secondary N) is 2. The molecule has 1 fully saturated rings. The van der Waals surface area contributed by atoms with Gasteiger partial charge >= 0.3 is 6.03 Å². The van der Waals surface area contributed by atoms with Crippen LogP contribution in [-0.2, 0) is 4.74 Å². The highest BCUT2D eigenvalue weighted by atomic mass is 16.5. The smallest absolute Gasteiger partial charge is 0.319 e. The van der Waals surface area contributed by atoms with Crippen LogP contribution >= 0.6 is 0 Å². The van der Waals surface area contributed by atoms with Crippen LogP contribution in [0.3, 0.4) is 0 Å². The van der Waals surface area contributed by atoms with E-state index >= 15 is 0 Å². The number of aromatic nitrogens is 1. The maximum Gasteiger partial charge on any atom is 0.319 e. The molecule has 6 heteroatoms. The molecule has 1 aromatic carbocycles. The van der Waals surface area contributed by atoms with Crippen LogP contribution in [0.25, 0.3) is 10.9 Å². The second kappa shape index (κ2) is 7.15. The Morgan fingerprint density at radius 2 is 2.21 bits per heavy atom. The Balaban J connectivity index is 1.67. The number of likely N-dealkylation sites (N-methyl/N-ethyl adjacent to an activating group) is 1. The van der Waals surface area contributed by atoms with Gasteiger partial charge in [0.15, 0.2) is 0 Å². The van der Waals surface area contributed by atoms with E-state index in [0.717, 1.165) is 29.7 Å². The van der Waals surface area contributed by atoms with Crippen molar-refractivity contribution in [2.75, 3.05) is 32.1 Å². The van der Waals surface area contributed by atoms with Crippen molar-refractivity contribution < 1.29 is 9.53 Å². The summed E-state index contributed by atoms with van der Waals surface area (Å²) in [6.45, 7) is 6.35. The van der Waals surface area contributed by atoms with Gasteiger partial charge in [0, 0.05) is 24.2 Å². The van der Waals surface area contributed by atoms with Crippen LogP contribution in [0.15, 0.2) is 30.3 Å². The number of hydrogen-bond acceptors (Lipinski definition) is 4.